The molecular weight excluding hydrogens is 232 g/mol. The molecule has 0 bridgehead atoms. The van der Waals surface area contributed by atoms with Crippen molar-refractivity contribution in [3.63, 3.8) is 0 Å². The van der Waals surface area contributed by atoms with Gasteiger partial charge in [-0.25, -0.2) is 4.57 Å². The van der Waals surface area contributed by atoms with Crippen molar-refractivity contribution in [2.24, 2.45) is 0 Å². The Morgan fingerprint density at radius 2 is 2.16 bits per heavy atom. The van der Waals surface area contributed by atoms with E-state index < -0.39 is 0 Å². The Kier molecular flexibility index (Phi) is 4.77. The lowest BCUT2D eigenvalue weighted by Crippen LogP contribution is -2.36. The van der Waals surface area contributed by atoms with E-state index in [1.54, 1.807) is 0 Å². The Morgan fingerprint density at radius 3 is 2.95 bits per heavy atom. The van der Waals surface area contributed by atoms with Gasteiger partial charge in [0.1, 0.15) is 6.54 Å². The summed E-state index contributed by atoms with van der Waals surface area (Å²) in [6, 6.07) is 6.33. The summed E-state index contributed by atoms with van der Waals surface area (Å²) in [4.78, 5) is 2.19. The molecule has 0 amide bonds. The normalized spacial score (nSPS) is 13.6. The van der Waals surface area contributed by atoms with Gasteiger partial charge in [-0.1, -0.05) is 17.9 Å². The molecule has 0 aliphatic carbocycles. The van der Waals surface area contributed by atoms with E-state index in [9.17, 15) is 0 Å². The van der Waals surface area contributed by atoms with E-state index in [1.165, 1.54) is 5.69 Å². The molecule has 0 N–H and O–H groups in total. The van der Waals surface area contributed by atoms with Crippen molar-refractivity contribution >= 4 is 0 Å². The summed E-state index contributed by atoms with van der Waals surface area (Å²) in [7, 11) is 0. The quantitative estimate of drug-likeness (QED) is 0.591. The van der Waals surface area contributed by atoms with E-state index in [0.717, 1.165) is 25.2 Å². The molecular formula is C17H21N2+. The first-order chi connectivity index (χ1) is 9.35. The van der Waals surface area contributed by atoms with E-state index in [1.807, 2.05) is 0 Å². The third-order valence-electron chi connectivity index (χ3n) is 3.22. The standard InChI is InChI=1S/C17H21N2/c1-3-18-14-7-5-10-16(18)12-9-13-17-11-6-8-15-19(17)4-2/h5-11,14-15H,3-4,12H2,1-2H3/q+1. The smallest absolute Gasteiger partial charge is 0.185 e. The molecule has 1 aliphatic heterocycles. The zero-order chi connectivity index (χ0) is 13.5. The van der Waals surface area contributed by atoms with Crippen molar-refractivity contribution in [3.8, 4) is 0 Å². The first kappa shape index (κ1) is 13.4. The average molecular weight is 253 g/mol. The highest BCUT2D eigenvalue weighted by atomic mass is 15.1. The van der Waals surface area contributed by atoms with Gasteiger partial charge in [-0.2, -0.15) is 0 Å². The predicted octanol–water partition coefficient (Wildman–Crippen LogP) is 2.98. The van der Waals surface area contributed by atoms with Gasteiger partial charge in [0.2, 0.25) is 0 Å². The molecule has 0 fully saturated rings. The van der Waals surface area contributed by atoms with Crippen LogP contribution in [0.4, 0.5) is 0 Å². The molecule has 2 heterocycles. The van der Waals surface area contributed by atoms with Gasteiger partial charge in [0.25, 0.3) is 0 Å². The molecule has 1 aromatic rings. The molecule has 0 unspecified atom stereocenters. The summed E-state index contributed by atoms with van der Waals surface area (Å²) >= 11 is 0. The van der Waals surface area contributed by atoms with Crippen LogP contribution in [0.2, 0.25) is 0 Å². The molecule has 0 saturated heterocycles. The number of pyridine rings is 1. The molecule has 1 aliphatic rings. The van der Waals surface area contributed by atoms with E-state index >= 15 is 0 Å². The monoisotopic (exact) mass is 253 g/mol. The van der Waals surface area contributed by atoms with Crippen LogP contribution in [0, 0.1) is 0 Å². The van der Waals surface area contributed by atoms with Gasteiger partial charge in [0, 0.05) is 24.9 Å². The molecule has 2 heteroatoms. The second-order valence-electron chi connectivity index (χ2n) is 4.40. The lowest BCUT2D eigenvalue weighted by Gasteiger charge is -2.19. The predicted molar refractivity (Wildman–Crippen MR) is 78.3 cm³/mol. The minimum absolute atomic E-state index is 0.910. The SMILES string of the molecule is CCN1C=CC=CC1=C=CCc1cccc[n+]1CC. The second-order valence-corrected chi connectivity index (χ2v) is 4.40. The van der Waals surface area contributed by atoms with Gasteiger partial charge in [0.15, 0.2) is 11.9 Å². The summed E-state index contributed by atoms with van der Waals surface area (Å²) in [5.41, 5.74) is 5.83. The van der Waals surface area contributed by atoms with E-state index in [2.05, 4.69) is 83.9 Å². The number of allylic oxidation sites excluding steroid dienone is 3. The van der Waals surface area contributed by atoms with Crippen LogP contribution >= 0.6 is 0 Å². The zero-order valence-corrected chi connectivity index (χ0v) is 11.7. The maximum atomic E-state index is 3.39. The van der Waals surface area contributed by atoms with Crippen LogP contribution in [0.5, 0.6) is 0 Å². The number of hydrogen-bond acceptors (Lipinski definition) is 1. The number of aryl methyl sites for hydroxylation is 1. The molecule has 0 aromatic carbocycles. The first-order valence-electron chi connectivity index (χ1n) is 6.89. The maximum absolute atomic E-state index is 3.39. The average Bonchev–Trinajstić information content (AvgIpc) is 2.48. The number of rotatable bonds is 4. The molecule has 0 radical (unpaired) electrons. The third kappa shape index (κ3) is 3.46. The zero-order valence-electron chi connectivity index (χ0n) is 11.7. The lowest BCUT2D eigenvalue weighted by molar-refractivity contribution is -0.700. The molecule has 98 valence electrons. The van der Waals surface area contributed by atoms with Gasteiger partial charge >= 0.3 is 0 Å². The summed E-state index contributed by atoms with van der Waals surface area (Å²) in [6.07, 6.45) is 13.4. The van der Waals surface area contributed by atoms with Crippen LogP contribution in [-0.4, -0.2) is 11.4 Å². The van der Waals surface area contributed by atoms with Crippen molar-refractivity contribution in [1.29, 1.82) is 0 Å². The summed E-state index contributed by atoms with van der Waals surface area (Å²) in [6.45, 7) is 6.29. The van der Waals surface area contributed by atoms with Crippen LogP contribution in [0.15, 0.2) is 66.3 Å². The van der Waals surface area contributed by atoms with E-state index in [4.69, 9.17) is 0 Å². The molecule has 19 heavy (non-hydrogen) atoms. The van der Waals surface area contributed by atoms with Crippen molar-refractivity contribution in [2.75, 3.05) is 6.54 Å². The molecule has 2 nitrogen and oxygen atoms in total. The van der Waals surface area contributed by atoms with Crippen LogP contribution in [-0.2, 0) is 13.0 Å². The Balaban J connectivity index is 2.15. The highest BCUT2D eigenvalue weighted by molar-refractivity contribution is 5.27. The molecule has 0 saturated carbocycles. The van der Waals surface area contributed by atoms with E-state index in [-0.39, 0.29) is 0 Å². The maximum Gasteiger partial charge on any atom is 0.185 e. The van der Waals surface area contributed by atoms with Gasteiger partial charge in [-0.05, 0) is 32.1 Å². The fourth-order valence-corrected chi connectivity index (χ4v) is 2.15. The van der Waals surface area contributed by atoms with Gasteiger partial charge in [-0.15, -0.1) is 0 Å². The van der Waals surface area contributed by atoms with Gasteiger partial charge in [0.05, 0.1) is 12.1 Å². The molecule has 1 aromatic heterocycles. The van der Waals surface area contributed by atoms with Crippen LogP contribution in [0.25, 0.3) is 0 Å². The number of hydrogen-bond donors (Lipinski definition) is 0. The first-order valence-corrected chi connectivity index (χ1v) is 6.89. The highest BCUT2D eigenvalue weighted by Gasteiger charge is 2.05. The fraction of sp³-hybridized carbons (Fsp3) is 0.294. The van der Waals surface area contributed by atoms with Crippen LogP contribution < -0.4 is 4.57 Å². The van der Waals surface area contributed by atoms with E-state index in [0.29, 0.717) is 0 Å². The van der Waals surface area contributed by atoms with Crippen molar-refractivity contribution in [2.45, 2.75) is 26.8 Å². The second kappa shape index (κ2) is 6.77. The van der Waals surface area contributed by atoms with Crippen LogP contribution in [0.1, 0.15) is 19.5 Å². The summed E-state index contributed by atoms with van der Waals surface area (Å²) in [5, 5.41) is 0. The van der Waals surface area contributed by atoms with Gasteiger partial charge < -0.3 is 4.90 Å². The molecule has 0 spiro atoms. The Hall–Kier alpha value is -2.05. The summed E-state index contributed by atoms with van der Waals surface area (Å²) < 4.78 is 2.26. The minimum atomic E-state index is 0.910. The fourth-order valence-electron chi connectivity index (χ4n) is 2.15. The van der Waals surface area contributed by atoms with Crippen LogP contribution in [0.3, 0.4) is 0 Å². The summed E-state index contributed by atoms with van der Waals surface area (Å²) in [5.74, 6) is 0. The largest absolute Gasteiger partial charge is 0.342 e. The number of likely N-dealkylation sites (N-methyl/N-ethyl adjacent to an activating group) is 1. The van der Waals surface area contributed by atoms with Crippen molar-refractivity contribution in [1.82, 2.24) is 4.90 Å². The minimum Gasteiger partial charge on any atom is -0.342 e. The van der Waals surface area contributed by atoms with Crippen molar-refractivity contribution in [3.05, 3.63) is 72.0 Å². The Labute approximate surface area is 115 Å². The number of aromatic nitrogens is 1. The third-order valence-corrected chi connectivity index (χ3v) is 3.22. The molecule has 2 rings (SSSR count). The molecule has 0 atom stereocenters. The van der Waals surface area contributed by atoms with Crippen molar-refractivity contribution < 1.29 is 4.57 Å². The highest BCUT2D eigenvalue weighted by Crippen LogP contribution is 2.10. The van der Waals surface area contributed by atoms with Gasteiger partial charge in [-0.3, -0.25) is 0 Å². The topological polar surface area (TPSA) is 7.12 Å². The Morgan fingerprint density at radius 1 is 1.26 bits per heavy atom. The Bertz CT molecular complexity index is 546. The lowest BCUT2D eigenvalue weighted by atomic mass is 10.2. The number of nitrogens with zero attached hydrogens (tertiary/aromatic N) is 2.